The third-order valence-corrected chi connectivity index (χ3v) is 2.82. The van der Waals surface area contributed by atoms with Crippen molar-refractivity contribution < 1.29 is 22.0 Å². The molecule has 0 aromatic carbocycles. The van der Waals surface area contributed by atoms with Gasteiger partial charge in [0.15, 0.2) is 5.69 Å². The zero-order valence-corrected chi connectivity index (χ0v) is 10.4. The lowest BCUT2D eigenvalue weighted by Crippen LogP contribution is -2.14. The molecule has 0 aliphatic carbocycles. The number of hydrogen-bond acceptors (Lipinski definition) is 1. The maximum atomic E-state index is 12.4. The summed E-state index contributed by atoms with van der Waals surface area (Å²) in [6.07, 6.45) is -7.82. The van der Waals surface area contributed by atoms with Gasteiger partial charge in [-0.3, -0.25) is 0 Å². The van der Waals surface area contributed by atoms with E-state index in [1.54, 1.807) is 0 Å². The highest BCUT2D eigenvalue weighted by Gasteiger charge is 2.36. The molecule has 1 aromatic rings. The molecule has 0 saturated carbocycles. The van der Waals surface area contributed by atoms with Crippen molar-refractivity contribution in [1.29, 1.82) is 0 Å². The van der Waals surface area contributed by atoms with Crippen molar-refractivity contribution in [3.05, 3.63) is 26.6 Å². The number of rotatable bonds is 2. The zero-order valence-electron chi connectivity index (χ0n) is 7.45. The van der Waals surface area contributed by atoms with Gasteiger partial charge in [-0.1, -0.05) is 0 Å². The van der Waals surface area contributed by atoms with Crippen LogP contribution in [-0.2, 0) is 12.1 Å². The molecule has 90 valence electrons. The lowest BCUT2D eigenvalue weighted by molar-refractivity contribution is -0.142. The second-order valence-corrected chi connectivity index (χ2v) is 4.22. The van der Waals surface area contributed by atoms with Crippen molar-refractivity contribution in [2.24, 2.45) is 0 Å². The number of aromatic nitrogens is 1. The van der Waals surface area contributed by atoms with Crippen molar-refractivity contribution in [1.82, 2.24) is 4.98 Å². The summed E-state index contributed by atoms with van der Waals surface area (Å²) in [6.45, 7) is 0. The van der Waals surface area contributed by atoms with E-state index in [-0.39, 0.29) is 15.0 Å². The van der Waals surface area contributed by atoms with Crippen LogP contribution in [0.5, 0.6) is 0 Å². The number of hydrogen-bond donors (Lipinski definition) is 0. The van der Waals surface area contributed by atoms with E-state index in [0.29, 0.717) is 0 Å². The van der Waals surface area contributed by atoms with Crippen LogP contribution in [0, 0.1) is 3.57 Å². The molecule has 1 aromatic heterocycles. The van der Waals surface area contributed by atoms with E-state index in [9.17, 15) is 22.0 Å². The fourth-order valence-corrected chi connectivity index (χ4v) is 2.05. The maximum Gasteiger partial charge on any atom is 0.434 e. The van der Waals surface area contributed by atoms with Crippen molar-refractivity contribution in [2.75, 3.05) is 0 Å². The Labute approximate surface area is 106 Å². The van der Waals surface area contributed by atoms with E-state index in [1.165, 1.54) is 22.6 Å². The fourth-order valence-electron chi connectivity index (χ4n) is 1.04. The molecule has 1 rings (SSSR count). The van der Waals surface area contributed by atoms with E-state index in [1.807, 2.05) is 0 Å². The van der Waals surface area contributed by atoms with E-state index in [2.05, 4.69) is 4.98 Å². The quantitative estimate of drug-likeness (QED) is 0.427. The summed E-state index contributed by atoms with van der Waals surface area (Å²) >= 11 is 6.75. The van der Waals surface area contributed by atoms with Crippen LogP contribution < -0.4 is 0 Å². The molecule has 0 amide bonds. The molecule has 0 bridgehead atoms. The van der Waals surface area contributed by atoms with Gasteiger partial charge in [0.2, 0.25) is 0 Å². The third-order valence-electron chi connectivity index (χ3n) is 1.71. The van der Waals surface area contributed by atoms with Gasteiger partial charge >= 0.3 is 6.18 Å². The molecule has 0 radical (unpaired) electrons. The molecule has 0 N–H and O–H groups in total. The lowest BCUT2D eigenvalue weighted by atomic mass is 10.2. The van der Waals surface area contributed by atoms with Gasteiger partial charge in [-0.25, -0.2) is 13.8 Å². The first-order chi connectivity index (χ1) is 7.27. The Hall–Kier alpha value is -0.180. The summed E-state index contributed by atoms with van der Waals surface area (Å²) in [5.41, 5.74) is -2.31. The van der Waals surface area contributed by atoms with Crippen LogP contribution in [0.1, 0.15) is 23.4 Å². The van der Waals surface area contributed by atoms with Gasteiger partial charge in [-0.2, -0.15) is 13.2 Å². The van der Waals surface area contributed by atoms with E-state index in [4.69, 9.17) is 11.6 Å². The molecule has 0 spiro atoms. The van der Waals surface area contributed by atoms with Crippen molar-refractivity contribution >= 4 is 34.2 Å². The van der Waals surface area contributed by atoms with Gasteiger partial charge in [0, 0.05) is 9.45 Å². The lowest BCUT2D eigenvalue weighted by Gasteiger charge is -2.12. The Bertz CT molecular complexity index is 393. The average molecular weight is 371 g/mol. The molecule has 1 nitrogen and oxygen atoms in total. The minimum absolute atomic E-state index is 0.0888. The minimum Gasteiger partial charge on any atom is -0.241 e. The van der Waals surface area contributed by atoms with Crippen LogP contribution in [0.15, 0.2) is 6.07 Å². The predicted molar refractivity (Wildman–Crippen MR) is 56.5 cm³/mol. The smallest absolute Gasteiger partial charge is 0.241 e. The van der Waals surface area contributed by atoms with Gasteiger partial charge in [-0.15, -0.1) is 11.6 Å². The Morgan fingerprint density at radius 3 is 2.31 bits per heavy atom. The van der Waals surface area contributed by atoms with E-state index >= 15 is 0 Å². The normalized spacial score (nSPS) is 12.2. The maximum absolute atomic E-state index is 12.4. The third kappa shape index (κ3) is 2.93. The molecule has 0 atom stereocenters. The average Bonchev–Trinajstić information content (AvgIpc) is 2.14. The molecule has 0 fully saturated rings. The van der Waals surface area contributed by atoms with Gasteiger partial charge in [-0.05, 0) is 34.2 Å². The zero-order chi connectivity index (χ0) is 12.5. The van der Waals surface area contributed by atoms with Gasteiger partial charge in [0.05, 0.1) is 0 Å². The number of nitrogens with zero attached hydrogens (tertiary/aromatic N) is 1. The Morgan fingerprint density at radius 2 is 1.94 bits per heavy atom. The molecule has 0 unspecified atom stereocenters. The van der Waals surface area contributed by atoms with Crippen LogP contribution in [0.3, 0.4) is 0 Å². The Kier molecular flexibility index (Phi) is 4.33. The Morgan fingerprint density at radius 1 is 1.38 bits per heavy atom. The monoisotopic (exact) mass is 371 g/mol. The molecule has 0 aliphatic heterocycles. The van der Waals surface area contributed by atoms with Crippen molar-refractivity contribution in [3.63, 3.8) is 0 Å². The summed E-state index contributed by atoms with van der Waals surface area (Å²) in [5.74, 6) is -0.305. The first-order valence-corrected chi connectivity index (χ1v) is 5.49. The number of alkyl halides is 6. The summed E-state index contributed by atoms with van der Waals surface area (Å²) in [4.78, 5) is 2.95. The van der Waals surface area contributed by atoms with Crippen LogP contribution in [0.4, 0.5) is 22.0 Å². The van der Waals surface area contributed by atoms with Crippen LogP contribution in [0.2, 0.25) is 0 Å². The highest BCUT2D eigenvalue weighted by molar-refractivity contribution is 14.1. The first-order valence-electron chi connectivity index (χ1n) is 3.88. The highest BCUT2D eigenvalue weighted by Crippen LogP contribution is 2.34. The van der Waals surface area contributed by atoms with E-state index < -0.39 is 24.0 Å². The summed E-state index contributed by atoms with van der Waals surface area (Å²) in [5, 5.41) is 0. The van der Waals surface area contributed by atoms with Gasteiger partial charge < -0.3 is 0 Å². The second kappa shape index (κ2) is 4.99. The Balaban J connectivity index is 3.39. The van der Waals surface area contributed by atoms with Gasteiger partial charge in [0.1, 0.15) is 5.69 Å². The number of pyridine rings is 1. The molecular formula is C8H4ClF5IN. The summed E-state index contributed by atoms with van der Waals surface area (Å²) in [7, 11) is 0. The summed E-state index contributed by atoms with van der Waals surface area (Å²) < 4.78 is 61.7. The van der Waals surface area contributed by atoms with Crippen LogP contribution in [0.25, 0.3) is 0 Å². The van der Waals surface area contributed by atoms with Crippen molar-refractivity contribution in [3.8, 4) is 0 Å². The molecule has 0 aliphatic rings. The second-order valence-electron chi connectivity index (χ2n) is 2.80. The SMILES string of the molecule is FC(F)c1nc(C(F)(F)F)c(I)cc1CCl. The predicted octanol–water partition coefficient (Wildman–Crippen LogP) is 4.38. The molecule has 1 heterocycles. The van der Waals surface area contributed by atoms with Crippen LogP contribution >= 0.6 is 34.2 Å². The first kappa shape index (κ1) is 13.9. The highest BCUT2D eigenvalue weighted by atomic mass is 127. The van der Waals surface area contributed by atoms with E-state index in [0.717, 1.165) is 6.07 Å². The number of halogens is 7. The standard InChI is InChI=1S/C8H4ClF5IN/c9-2-3-1-4(15)6(8(12,13)14)16-5(3)7(10)11/h1,7H,2H2. The van der Waals surface area contributed by atoms with Crippen LogP contribution in [-0.4, -0.2) is 4.98 Å². The minimum atomic E-state index is -4.75. The molecular weight excluding hydrogens is 367 g/mol. The summed E-state index contributed by atoms with van der Waals surface area (Å²) in [6, 6.07) is 0.977. The van der Waals surface area contributed by atoms with Gasteiger partial charge in [0.25, 0.3) is 6.43 Å². The molecule has 16 heavy (non-hydrogen) atoms. The van der Waals surface area contributed by atoms with Crippen molar-refractivity contribution in [2.45, 2.75) is 18.5 Å². The molecule has 0 saturated heterocycles. The topological polar surface area (TPSA) is 12.9 Å². The fraction of sp³-hybridized carbons (Fsp3) is 0.375. The molecule has 8 heteroatoms. The largest absolute Gasteiger partial charge is 0.434 e.